The highest BCUT2D eigenvalue weighted by Gasteiger charge is 2.26. The van der Waals surface area contributed by atoms with Crippen molar-refractivity contribution in [2.45, 2.75) is 19.4 Å². The van der Waals surface area contributed by atoms with E-state index >= 15 is 0 Å². The van der Waals surface area contributed by atoms with Crippen LogP contribution in [0.1, 0.15) is 24.2 Å². The van der Waals surface area contributed by atoms with E-state index in [1.54, 1.807) is 12.1 Å². The first-order valence-corrected chi connectivity index (χ1v) is 5.71. The number of halogens is 1. The van der Waals surface area contributed by atoms with Gasteiger partial charge in [-0.2, -0.15) is 0 Å². The Kier molecular flexibility index (Phi) is 2.80. The van der Waals surface area contributed by atoms with E-state index in [-0.39, 0.29) is 17.3 Å². The van der Waals surface area contributed by atoms with Crippen molar-refractivity contribution >= 4 is 23.1 Å². The number of fused-ring (bicyclic) bond motifs is 1. The fraction of sp³-hybridized carbons (Fsp3) is 0.417. The molecule has 0 fully saturated rings. The number of hydrogen-bond acceptors (Lipinski definition) is 3. The van der Waals surface area contributed by atoms with Gasteiger partial charge in [-0.3, -0.25) is 4.79 Å². The Morgan fingerprint density at radius 3 is 3.00 bits per heavy atom. The van der Waals surface area contributed by atoms with E-state index in [1.165, 1.54) is 0 Å². The molecule has 0 aromatic heterocycles. The summed E-state index contributed by atoms with van der Waals surface area (Å²) in [6, 6.07) is 5.34. The molecule has 0 bridgehead atoms. The number of ketones is 1. The molecule has 16 heavy (non-hydrogen) atoms. The molecule has 0 radical (unpaired) electrons. The van der Waals surface area contributed by atoms with Crippen LogP contribution in [0.15, 0.2) is 18.2 Å². The van der Waals surface area contributed by atoms with Gasteiger partial charge in [0.25, 0.3) is 0 Å². The lowest BCUT2D eigenvalue weighted by Crippen LogP contribution is -2.40. The second-order valence-electron chi connectivity index (χ2n) is 4.48. The number of hydrogen-bond donors (Lipinski definition) is 1. The molecule has 0 saturated carbocycles. The van der Waals surface area contributed by atoms with E-state index < -0.39 is 0 Å². The van der Waals surface area contributed by atoms with Gasteiger partial charge in [0.15, 0.2) is 5.78 Å². The predicted molar refractivity (Wildman–Crippen MR) is 64.7 cm³/mol. The Bertz CT molecular complexity index is 429. The van der Waals surface area contributed by atoms with Crippen LogP contribution in [0.3, 0.4) is 0 Å². The van der Waals surface area contributed by atoms with Crippen LogP contribution in [0.4, 0.5) is 5.69 Å². The summed E-state index contributed by atoms with van der Waals surface area (Å²) in [6.07, 6.45) is 0. The third kappa shape index (κ3) is 2.14. The molecule has 1 aliphatic heterocycles. The van der Waals surface area contributed by atoms with Crippen LogP contribution in [0, 0.1) is 0 Å². The van der Waals surface area contributed by atoms with Crippen LogP contribution < -0.4 is 10.1 Å². The average molecular weight is 240 g/mol. The molecule has 3 nitrogen and oxygen atoms in total. The Morgan fingerprint density at radius 2 is 2.31 bits per heavy atom. The largest absolute Gasteiger partial charge is 0.484 e. The fourth-order valence-electron chi connectivity index (χ4n) is 1.65. The van der Waals surface area contributed by atoms with Crippen molar-refractivity contribution in [1.29, 1.82) is 0 Å². The molecule has 86 valence electrons. The topological polar surface area (TPSA) is 38.3 Å². The maximum atomic E-state index is 11.4. The monoisotopic (exact) mass is 239 g/mol. The van der Waals surface area contributed by atoms with Gasteiger partial charge in [0, 0.05) is 5.56 Å². The maximum absolute atomic E-state index is 11.4. The molecule has 1 N–H and O–H groups in total. The summed E-state index contributed by atoms with van der Waals surface area (Å²) < 4.78 is 5.78. The van der Waals surface area contributed by atoms with Crippen molar-refractivity contribution in [3.8, 4) is 5.75 Å². The van der Waals surface area contributed by atoms with Crippen molar-refractivity contribution in [1.82, 2.24) is 0 Å². The zero-order valence-electron chi connectivity index (χ0n) is 9.34. The minimum Gasteiger partial charge on any atom is -0.484 e. The minimum absolute atomic E-state index is 0.00510. The van der Waals surface area contributed by atoms with Gasteiger partial charge in [-0.1, -0.05) is 0 Å². The van der Waals surface area contributed by atoms with E-state index in [4.69, 9.17) is 16.3 Å². The lowest BCUT2D eigenvalue weighted by molar-refractivity contribution is 0.102. The lowest BCUT2D eigenvalue weighted by Gasteiger charge is -2.33. The summed E-state index contributed by atoms with van der Waals surface area (Å²) in [5.41, 5.74) is 1.25. The van der Waals surface area contributed by atoms with Crippen LogP contribution >= 0.6 is 11.6 Å². The van der Waals surface area contributed by atoms with Crippen molar-refractivity contribution in [2.24, 2.45) is 0 Å². The second kappa shape index (κ2) is 3.98. The predicted octanol–water partition coefficient (Wildman–Crippen LogP) is 2.69. The number of ether oxygens (including phenoxy) is 1. The zero-order chi connectivity index (χ0) is 11.8. The molecule has 0 aliphatic carbocycles. The summed E-state index contributed by atoms with van der Waals surface area (Å²) in [7, 11) is 0. The first-order valence-electron chi connectivity index (χ1n) is 5.18. The summed E-state index contributed by atoms with van der Waals surface area (Å²) in [6.45, 7) is 4.75. The van der Waals surface area contributed by atoms with Gasteiger partial charge in [-0.05, 0) is 32.0 Å². The lowest BCUT2D eigenvalue weighted by atomic mass is 10.1. The Labute approximate surface area is 99.7 Å². The van der Waals surface area contributed by atoms with E-state index in [0.717, 1.165) is 18.0 Å². The first-order chi connectivity index (χ1) is 7.52. The second-order valence-corrected chi connectivity index (χ2v) is 4.75. The van der Waals surface area contributed by atoms with E-state index in [1.807, 2.05) is 19.9 Å². The van der Waals surface area contributed by atoms with Gasteiger partial charge in [0.1, 0.15) is 11.4 Å². The quantitative estimate of drug-likeness (QED) is 0.637. The molecule has 1 aromatic rings. The van der Waals surface area contributed by atoms with Gasteiger partial charge in [-0.25, -0.2) is 0 Å². The summed E-state index contributed by atoms with van der Waals surface area (Å²) >= 11 is 5.51. The number of carbonyl (C=O) groups is 1. The zero-order valence-corrected chi connectivity index (χ0v) is 10.1. The molecule has 0 saturated heterocycles. The highest BCUT2D eigenvalue weighted by Crippen LogP contribution is 2.33. The summed E-state index contributed by atoms with van der Waals surface area (Å²) in [4.78, 5) is 11.4. The van der Waals surface area contributed by atoms with Gasteiger partial charge in [0.05, 0.1) is 18.1 Å². The molecule has 0 unspecified atom stereocenters. The third-order valence-electron chi connectivity index (χ3n) is 2.51. The van der Waals surface area contributed by atoms with Crippen LogP contribution in [0.2, 0.25) is 0 Å². The van der Waals surface area contributed by atoms with E-state index in [2.05, 4.69) is 5.32 Å². The number of nitrogens with one attached hydrogen (secondary N) is 1. The normalized spacial score (nSPS) is 16.9. The fourth-order valence-corrected chi connectivity index (χ4v) is 1.80. The molecule has 0 amide bonds. The van der Waals surface area contributed by atoms with Crippen molar-refractivity contribution < 1.29 is 9.53 Å². The Balaban J connectivity index is 2.32. The van der Waals surface area contributed by atoms with Crippen LogP contribution in [0.5, 0.6) is 5.75 Å². The molecule has 4 heteroatoms. The Morgan fingerprint density at radius 1 is 1.56 bits per heavy atom. The van der Waals surface area contributed by atoms with Crippen LogP contribution in [-0.4, -0.2) is 23.8 Å². The number of rotatable bonds is 2. The molecule has 1 aromatic carbocycles. The molecular weight excluding hydrogens is 226 g/mol. The van der Waals surface area contributed by atoms with Crippen molar-refractivity contribution in [2.75, 3.05) is 17.7 Å². The minimum atomic E-state index is -0.217. The van der Waals surface area contributed by atoms with Crippen LogP contribution in [0.25, 0.3) is 0 Å². The number of alkyl halides is 1. The highest BCUT2D eigenvalue weighted by molar-refractivity contribution is 6.30. The van der Waals surface area contributed by atoms with Crippen molar-refractivity contribution in [3.63, 3.8) is 0 Å². The van der Waals surface area contributed by atoms with Crippen molar-refractivity contribution in [3.05, 3.63) is 23.8 Å². The van der Waals surface area contributed by atoms with E-state index in [0.29, 0.717) is 5.56 Å². The molecular formula is C12H14ClNO2. The summed E-state index contributed by atoms with van der Waals surface area (Å²) in [5.74, 6) is 0.712. The standard InChI is InChI=1S/C12H14ClNO2/c1-12(2)7-14-9-5-8(10(15)6-13)3-4-11(9)16-12/h3-5,14H,6-7H2,1-2H3. The van der Waals surface area contributed by atoms with Gasteiger partial charge < -0.3 is 10.1 Å². The maximum Gasteiger partial charge on any atom is 0.177 e. The number of Topliss-reactive ketones (excluding diaryl/α,β-unsaturated/α-hetero) is 1. The number of benzene rings is 1. The van der Waals surface area contributed by atoms with Gasteiger partial charge >= 0.3 is 0 Å². The molecule has 0 atom stereocenters. The molecule has 0 spiro atoms. The SMILES string of the molecule is CC1(C)CNc2cc(C(=O)CCl)ccc2O1. The van der Waals surface area contributed by atoms with Crippen LogP contribution in [-0.2, 0) is 0 Å². The van der Waals surface area contributed by atoms with Gasteiger partial charge in [0.2, 0.25) is 0 Å². The molecule has 1 heterocycles. The first kappa shape index (κ1) is 11.3. The molecule has 2 rings (SSSR count). The third-order valence-corrected chi connectivity index (χ3v) is 2.76. The molecule has 1 aliphatic rings. The van der Waals surface area contributed by atoms with E-state index in [9.17, 15) is 4.79 Å². The average Bonchev–Trinajstić information content (AvgIpc) is 2.26. The smallest absolute Gasteiger partial charge is 0.177 e. The highest BCUT2D eigenvalue weighted by atomic mass is 35.5. The van der Waals surface area contributed by atoms with Gasteiger partial charge in [-0.15, -0.1) is 11.6 Å². The number of anilines is 1. The Hall–Kier alpha value is -1.22. The number of carbonyl (C=O) groups excluding carboxylic acids is 1. The summed E-state index contributed by atoms with van der Waals surface area (Å²) in [5, 5.41) is 3.25.